The molecule has 2 heterocycles. The molecule has 0 atom stereocenters. The second-order valence-corrected chi connectivity index (χ2v) is 8.27. The molecule has 1 fully saturated rings. The number of anilines is 2. The van der Waals surface area contributed by atoms with Crippen LogP contribution in [0, 0.1) is 10.1 Å². The van der Waals surface area contributed by atoms with E-state index in [4.69, 9.17) is 14.8 Å². The van der Waals surface area contributed by atoms with Crippen LogP contribution in [-0.4, -0.2) is 59.1 Å². The third-order valence-electron chi connectivity index (χ3n) is 5.16. The van der Waals surface area contributed by atoms with Gasteiger partial charge in [0.15, 0.2) is 0 Å². The van der Waals surface area contributed by atoms with Crippen LogP contribution in [0.1, 0.15) is 30.9 Å². The lowest BCUT2D eigenvalue weighted by Gasteiger charge is -2.23. The Labute approximate surface area is 201 Å². The molecule has 1 aliphatic heterocycles. The number of benzene rings is 1. The van der Waals surface area contributed by atoms with Crippen LogP contribution in [0.2, 0.25) is 0 Å². The molecule has 1 saturated heterocycles. The van der Waals surface area contributed by atoms with Gasteiger partial charge in [-0.3, -0.25) is 19.8 Å². The molecule has 2 N–H and O–H groups in total. The first-order valence-electron chi connectivity index (χ1n) is 10.8. The molecule has 0 spiro atoms. The third-order valence-corrected chi connectivity index (χ3v) is 5.69. The molecule has 0 bridgehead atoms. The summed E-state index contributed by atoms with van der Waals surface area (Å²) >= 11 is 0.644. The summed E-state index contributed by atoms with van der Waals surface area (Å²) in [5, 5.41) is 11.8. The number of likely N-dealkylation sites (tertiary alicyclic amines) is 1. The van der Waals surface area contributed by atoms with Gasteiger partial charge in [0.05, 0.1) is 18.6 Å². The van der Waals surface area contributed by atoms with Crippen LogP contribution >= 0.6 is 12.0 Å². The summed E-state index contributed by atoms with van der Waals surface area (Å²) < 4.78 is 9.84. The van der Waals surface area contributed by atoms with Crippen LogP contribution in [0.25, 0.3) is 0 Å². The van der Waals surface area contributed by atoms with Gasteiger partial charge in [0.2, 0.25) is 16.8 Å². The van der Waals surface area contributed by atoms with E-state index in [2.05, 4.69) is 19.8 Å². The fraction of sp³-hybridized carbons (Fsp3) is 0.476. The van der Waals surface area contributed by atoms with E-state index < -0.39 is 16.6 Å². The largest absolute Gasteiger partial charge is 0.465 e. The van der Waals surface area contributed by atoms with Crippen LogP contribution in [0.4, 0.5) is 17.3 Å². The highest BCUT2D eigenvalue weighted by atomic mass is 32.2. The van der Waals surface area contributed by atoms with E-state index in [1.54, 1.807) is 6.92 Å². The number of hydrogen-bond acceptors (Lipinski definition) is 12. The van der Waals surface area contributed by atoms with Gasteiger partial charge in [0.25, 0.3) is 0 Å². The SMILES string of the molecule is CCOC(=O)CN(Cc1ccc(CN2CCCC2)cc1)c1nc(SOOC)nc(N)c1[N+](=O)[O-]. The van der Waals surface area contributed by atoms with E-state index in [0.717, 1.165) is 25.2 Å². The average molecular weight is 493 g/mol. The molecule has 1 aromatic carbocycles. The van der Waals surface area contributed by atoms with Gasteiger partial charge < -0.3 is 15.4 Å². The van der Waals surface area contributed by atoms with Gasteiger partial charge in [-0.25, -0.2) is 4.89 Å². The smallest absolute Gasteiger partial charge is 0.353 e. The molecule has 0 radical (unpaired) electrons. The molecular weight excluding hydrogens is 464 g/mol. The Balaban J connectivity index is 1.90. The number of hydrogen-bond donors (Lipinski definition) is 1. The average Bonchev–Trinajstić information content (AvgIpc) is 3.31. The molecule has 0 saturated carbocycles. The third kappa shape index (κ3) is 7.00. The minimum Gasteiger partial charge on any atom is -0.465 e. The van der Waals surface area contributed by atoms with Crippen LogP contribution < -0.4 is 10.6 Å². The van der Waals surface area contributed by atoms with Crippen LogP contribution in [0.3, 0.4) is 0 Å². The Hall–Kier alpha value is -3.00. The van der Waals surface area contributed by atoms with Crippen molar-refractivity contribution in [3.05, 3.63) is 45.5 Å². The normalized spacial score (nSPS) is 13.7. The number of aromatic nitrogens is 2. The van der Waals surface area contributed by atoms with Crippen molar-refractivity contribution in [1.82, 2.24) is 14.9 Å². The quantitative estimate of drug-likeness (QED) is 0.116. The van der Waals surface area contributed by atoms with Crippen molar-refractivity contribution in [2.45, 2.75) is 38.0 Å². The number of nitro groups is 1. The molecule has 2 aromatic rings. The molecule has 3 rings (SSSR count). The minimum atomic E-state index is -0.673. The number of esters is 1. The van der Waals surface area contributed by atoms with Crippen molar-refractivity contribution in [1.29, 1.82) is 0 Å². The molecule has 34 heavy (non-hydrogen) atoms. The highest BCUT2D eigenvalue weighted by Gasteiger charge is 2.29. The predicted molar refractivity (Wildman–Crippen MR) is 126 cm³/mol. The van der Waals surface area contributed by atoms with Crippen molar-refractivity contribution >= 4 is 35.3 Å². The number of nitrogens with two attached hydrogens (primary N) is 1. The van der Waals surface area contributed by atoms with E-state index in [1.807, 2.05) is 24.3 Å². The summed E-state index contributed by atoms with van der Waals surface area (Å²) in [6, 6.07) is 7.91. The van der Waals surface area contributed by atoms with Crippen molar-refractivity contribution in [3.8, 4) is 0 Å². The van der Waals surface area contributed by atoms with E-state index in [0.29, 0.717) is 12.0 Å². The maximum Gasteiger partial charge on any atom is 0.353 e. The molecule has 1 aliphatic rings. The number of carbonyl (C=O) groups is 1. The van der Waals surface area contributed by atoms with E-state index in [-0.39, 0.29) is 36.5 Å². The van der Waals surface area contributed by atoms with Gasteiger partial charge >= 0.3 is 11.7 Å². The molecule has 12 nitrogen and oxygen atoms in total. The number of ether oxygens (including phenoxy) is 1. The Bertz CT molecular complexity index is 986. The fourth-order valence-electron chi connectivity index (χ4n) is 3.67. The van der Waals surface area contributed by atoms with E-state index in [9.17, 15) is 14.9 Å². The first-order chi connectivity index (χ1) is 16.4. The van der Waals surface area contributed by atoms with E-state index >= 15 is 0 Å². The summed E-state index contributed by atoms with van der Waals surface area (Å²) in [6.07, 6.45) is 2.44. The monoisotopic (exact) mass is 492 g/mol. The van der Waals surface area contributed by atoms with Gasteiger partial charge in [-0.15, -0.1) is 0 Å². The zero-order valence-corrected chi connectivity index (χ0v) is 20.0. The highest BCUT2D eigenvalue weighted by Crippen LogP contribution is 2.34. The highest BCUT2D eigenvalue weighted by molar-refractivity contribution is 7.94. The maximum atomic E-state index is 12.3. The maximum absolute atomic E-state index is 12.3. The molecule has 0 amide bonds. The van der Waals surface area contributed by atoms with Gasteiger partial charge in [0, 0.05) is 13.1 Å². The van der Waals surface area contributed by atoms with Crippen LogP contribution in [0.5, 0.6) is 0 Å². The van der Waals surface area contributed by atoms with Crippen molar-refractivity contribution in [2.24, 2.45) is 0 Å². The second kappa shape index (κ2) is 12.5. The molecule has 0 aliphatic carbocycles. The van der Waals surface area contributed by atoms with Crippen molar-refractivity contribution in [2.75, 3.05) is 44.0 Å². The fourth-order valence-corrected chi connectivity index (χ4v) is 4.06. The zero-order chi connectivity index (χ0) is 24.5. The summed E-state index contributed by atoms with van der Waals surface area (Å²) in [6.45, 7) is 4.83. The standard InChI is InChI=1S/C21H28N6O6S/c1-3-32-17(28)14-26(13-16-8-6-15(7-9-16)12-25-10-4-5-11-25)20-18(27(29)30)19(22)23-21(24-20)34-33-31-2/h6-9H,3-5,10-14H2,1-2H3,(H2,22,23,24). The molecular formula is C21H28N6O6S. The lowest BCUT2D eigenvalue weighted by Crippen LogP contribution is -2.32. The lowest BCUT2D eigenvalue weighted by molar-refractivity contribution is -0.383. The summed E-state index contributed by atoms with van der Waals surface area (Å²) in [5.74, 6) is -1.03. The lowest BCUT2D eigenvalue weighted by atomic mass is 10.1. The number of nitrogens with zero attached hydrogens (tertiary/aromatic N) is 5. The number of nitrogen functional groups attached to an aromatic ring is 1. The van der Waals surface area contributed by atoms with Gasteiger partial charge in [0.1, 0.15) is 18.6 Å². The Morgan fingerprint density at radius 1 is 1.24 bits per heavy atom. The zero-order valence-electron chi connectivity index (χ0n) is 19.1. The minimum absolute atomic E-state index is 0.00484. The van der Waals surface area contributed by atoms with Gasteiger partial charge in [-0.2, -0.15) is 14.3 Å². The first-order valence-corrected chi connectivity index (χ1v) is 11.5. The number of rotatable bonds is 12. The number of carbonyl (C=O) groups excluding carboxylic acids is 1. The van der Waals surface area contributed by atoms with Crippen molar-refractivity contribution < 1.29 is 23.7 Å². The molecule has 13 heteroatoms. The predicted octanol–water partition coefficient (Wildman–Crippen LogP) is 2.72. The molecule has 0 unspecified atom stereocenters. The summed E-state index contributed by atoms with van der Waals surface area (Å²) in [4.78, 5) is 39.9. The Morgan fingerprint density at radius 3 is 2.53 bits per heavy atom. The summed E-state index contributed by atoms with van der Waals surface area (Å²) in [7, 11) is 1.29. The van der Waals surface area contributed by atoms with E-state index in [1.165, 1.54) is 30.4 Å². The Kier molecular flexibility index (Phi) is 9.39. The Morgan fingerprint density at radius 2 is 1.91 bits per heavy atom. The van der Waals surface area contributed by atoms with Crippen LogP contribution in [0.15, 0.2) is 29.4 Å². The summed E-state index contributed by atoms with van der Waals surface area (Å²) in [5.41, 5.74) is 7.37. The van der Waals surface area contributed by atoms with Crippen LogP contribution in [-0.2, 0) is 31.8 Å². The molecule has 1 aromatic heterocycles. The first kappa shape index (κ1) is 25.6. The van der Waals surface area contributed by atoms with Crippen molar-refractivity contribution in [3.63, 3.8) is 0 Å². The van der Waals surface area contributed by atoms with Gasteiger partial charge in [-0.1, -0.05) is 24.3 Å². The molecule has 184 valence electrons. The second-order valence-electron chi connectivity index (χ2n) is 7.60. The topological polar surface area (TPSA) is 146 Å². The van der Waals surface area contributed by atoms with Gasteiger partial charge in [-0.05, 0) is 44.0 Å².